The molecule has 2 aliphatic heterocycles. The Morgan fingerprint density at radius 3 is 2.75 bits per heavy atom. The van der Waals surface area contributed by atoms with Gasteiger partial charge in [0.1, 0.15) is 0 Å². The highest BCUT2D eigenvalue weighted by Gasteiger charge is 2.41. The van der Waals surface area contributed by atoms with Crippen molar-refractivity contribution >= 4 is 0 Å². The predicted octanol–water partition coefficient (Wildman–Crippen LogP) is 1.17. The van der Waals surface area contributed by atoms with E-state index in [1.54, 1.807) is 0 Å². The first kappa shape index (κ1) is 8.52. The fourth-order valence-corrected chi connectivity index (χ4v) is 2.72. The maximum absolute atomic E-state index is 2.70. The highest BCUT2D eigenvalue weighted by molar-refractivity contribution is 4.97. The topological polar surface area (TPSA) is 6.48 Å². The number of likely N-dealkylation sites (N-methyl/N-ethyl adjacent to an activating group) is 1. The zero-order valence-electron chi connectivity index (χ0n) is 8.51. The van der Waals surface area contributed by atoms with Gasteiger partial charge >= 0.3 is 0 Å². The molecular weight excluding hydrogens is 148 g/mol. The molecule has 1 atom stereocenters. The van der Waals surface area contributed by atoms with Crippen LogP contribution in [-0.4, -0.2) is 48.1 Å². The number of hydrogen-bond acceptors (Lipinski definition) is 2. The molecule has 0 aromatic heterocycles. The van der Waals surface area contributed by atoms with Crippen molar-refractivity contribution < 1.29 is 0 Å². The van der Waals surface area contributed by atoms with Crippen LogP contribution < -0.4 is 0 Å². The Morgan fingerprint density at radius 2 is 2.00 bits per heavy atom. The Labute approximate surface area is 75.5 Å². The van der Waals surface area contributed by atoms with Crippen LogP contribution in [0.4, 0.5) is 0 Å². The van der Waals surface area contributed by atoms with Crippen molar-refractivity contribution in [3.05, 3.63) is 0 Å². The summed E-state index contributed by atoms with van der Waals surface area (Å²) in [5, 5.41) is 0. The lowest BCUT2D eigenvalue weighted by Gasteiger charge is -2.42. The first-order valence-electron chi connectivity index (χ1n) is 5.05. The smallest absolute Gasteiger partial charge is 0.0229 e. The van der Waals surface area contributed by atoms with Crippen molar-refractivity contribution in [3.8, 4) is 0 Å². The normalized spacial score (nSPS) is 36.8. The SMILES string of the molecule is CN1CCN2C(CCC2(C)C)C1. The molecule has 0 aliphatic carbocycles. The molecule has 0 N–H and O–H groups in total. The molecule has 2 saturated heterocycles. The molecule has 2 heterocycles. The van der Waals surface area contributed by atoms with Gasteiger partial charge in [-0.1, -0.05) is 0 Å². The molecule has 0 amide bonds. The van der Waals surface area contributed by atoms with Crippen LogP contribution in [0.3, 0.4) is 0 Å². The minimum atomic E-state index is 0.478. The monoisotopic (exact) mass is 168 g/mol. The first-order chi connectivity index (χ1) is 5.59. The second-order valence-electron chi connectivity index (χ2n) is 4.96. The molecule has 0 radical (unpaired) electrons. The van der Waals surface area contributed by atoms with Gasteiger partial charge in [0.25, 0.3) is 0 Å². The molecule has 1 unspecified atom stereocenters. The van der Waals surface area contributed by atoms with Crippen LogP contribution >= 0.6 is 0 Å². The Hall–Kier alpha value is -0.0800. The predicted molar refractivity (Wildman–Crippen MR) is 51.3 cm³/mol. The molecule has 2 fully saturated rings. The van der Waals surface area contributed by atoms with Crippen molar-refractivity contribution in [1.29, 1.82) is 0 Å². The molecule has 0 spiro atoms. The van der Waals surface area contributed by atoms with Crippen molar-refractivity contribution in [3.63, 3.8) is 0 Å². The van der Waals surface area contributed by atoms with Crippen molar-refractivity contribution in [2.45, 2.75) is 38.3 Å². The van der Waals surface area contributed by atoms with Gasteiger partial charge in [-0.25, -0.2) is 0 Å². The Bertz CT molecular complexity index is 177. The van der Waals surface area contributed by atoms with E-state index in [0.29, 0.717) is 5.54 Å². The van der Waals surface area contributed by atoms with E-state index in [2.05, 4.69) is 30.7 Å². The molecule has 2 aliphatic rings. The third kappa shape index (κ3) is 1.27. The first-order valence-corrected chi connectivity index (χ1v) is 5.05. The fourth-order valence-electron chi connectivity index (χ4n) is 2.72. The summed E-state index contributed by atoms with van der Waals surface area (Å²) in [6.45, 7) is 8.58. The number of hydrogen-bond donors (Lipinski definition) is 0. The van der Waals surface area contributed by atoms with Gasteiger partial charge in [-0.05, 0) is 33.7 Å². The summed E-state index contributed by atoms with van der Waals surface area (Å²) < 4.78 is 0. The average molecular weight is 168 g/mol. The van der Waals surface area contributed by atoms with Crippen LogP contribution in [0.2, 0.25) is 0 Å². The third-order valence-electron chi connectivity index (χ3n) is 3.55. The van der Waals surface area contributed by atoms with Gasteiger partial charge in [-0.3, -0.25) is 4.90 Å². The maximum atomic E-state index is 2.70. The van der Waals surface area contributed by atoms with Crippen LogP contribution in [0.25, 0.3) is 0 Å². The number of nitrogens with zero attached hydrogens (tertiary/aromatic N) is 2. The van der Waals surface area contributed by atoms with E-state index in [4.69, 9.17) is 0 Å². The van der Waals surface area contributed by atoms with E-state index in [0.717, 1.165) is 6.04 Å². The van der Waals surface area contributed by atoms with Gasteiger partial charge in [0.15, 0.2) is 0 Å². The van der Waals surface area contributed by atoms with Crippen LogP contribution in [0.15, 0.2) is 0 Å². The van der Waals surface area contributed by atoms with Gasteiger partial charge < -0.3 is 4.90 Å². The summed E-state index contributed by atoms with van der Waals surface area (Å²) in [6.07, 6.45) is 2.78. The lowest BCUT2D eigenvalue weighted by Crippen LogP contribution is -2.54. The second kappa shape index (κ2) is 2.71. The lowest BCUT2D eigenvalue weighted by atomic mass is 10.0. The highest BCUT2D eigenvalue weighted by atomic mass is 15.3. The van der Waals surface area contributed by atoms with Crippen molar-refractivity contribution in [2.24, 2.45) is 0 Å². The van der Waals surface area contributed by atoms with Gasteiger partial charge in [0.05, 0.1) is 0 Å². The van der Waals surface area contributed by atoms with E-state index in [1.165, 1.54) is 32.5 Å². The van der Waals surface area contributed by atoms with Gasteiger partial charge in [0.2, 0.25) is 0 Å². The molecule has 70 valence electrons. The molecule has 12 heavy (non-hydrogen) atoms. The maximum Gasteiger partial charge on any atom is 0.0229 e. The van der Waals surface area contributed by atoms with Crippen molar-refractivity contribution in [2.75, 3.05) is 26.7 Å². The molecular formula is C10H20N2. The van der Waals surface area contributed by atoms with Crippen LogP contribution in [0.1, 0.15) is 26.7 Å². The Kier molecular flexibility index (Phi) is 1.92. The van der Waals surface area contributed by atoms with Gasteiger partial charge in [-0.2, -0.15) is 0 Å². The van der Waals surface area contributed by atoms with Crippen molar-refractivity contribution in [1.82, 2.24) is 9.80 Å². The molecule has 2 heteroatoms. The number of piperazine rings is 1. The van der Waals surface area contributed by atoms with Gasteiger partial charge in [0, 0.05) is 31.2 Å². The van der Waals surface area contributed by atoms with E-state index < -0.39 is 0 Å². The molecule has 2 nitrogen and oxygen atoms in total. The van der Waals surface area contributed by atoms with E-state index in [-0.39, 0.29) is 0 Å². The average Bonchev–Trinajstić information content (AvgIpc) is 2.27. The summed E-state index contributed by atoms with van der Waals surface area (Å²) in [4.78, 5) is 5.16. The van der Waals surface area contributed by atoms with E-state index in [9.17, 15) is 0 Å². The minimum absolute atomic E-state index is 0.478. The zero-order chi connectivity index (χ0) is 8.77. The minimum Gasteiger partial charge on any atom is -0.304 e. The summed E-state index contributed by atoms with van der Waals surface area (Å²) >= 11 is 0. The van der Waals surface area contributed by atoms with Crippen LogP contribution in [0.5, 0.6) is 0 Å². The summed E-state index contributed by atoms with van der Waals surface area (Å²) in [7, 11) is 2.24. The summed E-state index contributed by atoms with van der Waals surface area (Å²) in [5.41, 5.74) is 0.478. The number of rotatable bonds is 0. The largest absolute Gasteiger partial charge is 0.304 e. The molecule has 0 bridgehead atoms. The molecule has 0 aromatic carbocycles. The lowest BCUT2D eigenvalue weighted by molar-refractivity contribution is 0.0578. The number of fused-ring (bicyclic) bond motifs is 1. The van der Waals surface area contributed by atoms with E-state index >= 15 is 0 Å². The van der Waals surface area contributed by atoms with Crippen LogP contribution in [-0.2, 0) is 0 Å². The third-order valence-corrected chi connectivity index (χ3v) is 3.55. The standard InChI is InChI=1S/C10H20N2/c1-10(2)5-4-9-8-11(3)6-7-12(9)10/h9H,4-8H2,1-3H3. The molecule has 2 rings (SSSR count). The molecule has 0 aromatic rings. The van der Waals surface area contributed by atoms with Crippen LogP contribution in [0, 0.1) is 0 Å². The summed E-state index contributed by atoms with van der Waals surface area (Å²) in [5.74, 6) is 0. The Morgan fingerprint density at radius 1 is 1.25 bits per heavy atom. The Balaban J connectivity index is 2.08. The highest BCUT2D eigenvalue weighted by Crippen LogP contribution is 2.34. The summed E-state index contributed by atoms with van der Waals surface area (Å²) in [6, 6.07) is 0.846. The quantitative estimate of drug-likeness (QED) is 0.536. The second-order valence-corrected chi connectivity index (χ2v) is 4.96. The van der Waals surface area contributed by atoms with E-state index in [1.807, 2.05) is 0 Å². The fraction of sp³-hybridized carbons (Fsp3) is 1.00. The zero-order valence-corrected chi connectivity index (χ0v) is 8.51. The molecule has 0 saturated carbocycles. The van der Waals surface area contributed by atoms with Gasteiger partial charge in [-0.15, -0.1) is 0 Å².